The quantitative estimate of drug-likeness (QED) is 0.173. The van der Waals surface area contributed by atoms with Gasteiger partial charge in [-0.3, -0.25) is 14.4 Å². The fourth-order valence-corrected chi connectivity index (χ4v) is 7.21. The second kappa shape index (κ2) is 22.9. The zero-order valence-electron chi connectivity index (χ0n) is 33.1. The number of methoxy groups -OCH3 is 3. The number of nitrogens with one attached hydrogen (secondary N) is 1. The monoisotopic (exact) mass is 751 g/mol. The molecule has 0 radical (unpaired) electrons. The molecule has 0 bridgehead atoms. The van der Waals surface area contributed by atoms with Crippen LogP contribution in [0.1, 0.15) is 84.8 Å². The number of aliphatic hydroxyl groups excluding tert-OH is 2. The van der Waals surface area contributed by atoms with Crippen LogP contribution in [0.15, 0.2) is 30.3 Å². The fraction of sp³-hybridized carbons (Fsp3) is 0.744. The summed E-state index contributed by atoms with van der Waals surface area (Å²) in [6.45, 7) is 11.0. The molecule has 1 aromatic rings. The number of aliphatic hydroxyl groups is 2. The van der Waals surface area contributed by atoms with Crippen LogP contribution in [-0.4, -0.2) is 139 Å². The second-order valence-corrected chi connectivity index (χ2v) is 14.7. The lowest BCUT2D eigenvalue weighted by molar-refractivity contribution is -0.173. The molecule has 1 aromatic carbocycles. The highest BCUT2D eigenvalue weighted by Gasteiger charge is 2.42. The maximum absolute atomic E-state index is 13.8. The summed E-state index contributed by atoms with van der Waals surface area (Å²) in [4.78, 5) is 54.0. The first-order valence-electron chi connectivity index (χ1n) is 18.8. The first kappa shape index (κ1) is 46.0. The van der Waals surface area contributed by atoms with E-state index in [0.29, 0.717) is 19.5 Å². The first-order chi connectivity index (χ1) is 25.1. The summed E-state index contributed by atoms with van der Waals surface area (Å²) in [5.74, 6) is -1.39. The number of nitrogens with zero attached hydrogens (tertiary/aromatic N) is 2. The maximum Gasteiger partial charge on any atom is 0.335 e. The standard InChI is InChI=1S/C33H55N3O6.C6H10O5/c1-10-23(4)31(35(6)29(37)19-22(2)3)27(40-7)20-30(38)36-18-14-17-26(36)32(42-9)24(5)33(39)34-21-28(41-8)25-15-12-11-13-16-25;7-3-1-4(8)5(6(9)10)11-2-3/h11-13,15-16,22-24,26-28,31-32H,10,14,17-21H2,1-9H3,(H,34,39);3-5,7-8H,1-2H2,(H,9,10)/t23?,24?,26-,27?,28?,31?,32?;3?,4?,5-/m00/s1. The molecule has 10 atom stereocenters. The molecule has 14 heteroatoms. The highest BCUT2D eigenvalue weighted by atomic mass is 16.5. The van der Waals surface area contributed by atoms with E-state index in [2.05, 4.69) is 23.9 Å². The molecule has 2 aliphatic rings. The number of benzene rings is 1. The number of hydrogen-bond donors (Lipinski definition) is 4. The van der Waals surface area contributed by atoms with Gasteiger partial charge in [0.05, 0.1) is 61.5 Å². The predicted octanol–water partition coefficient (Wildman–Crippen LogP) is 3.04. The molecule has 3 rings (SSSR count). The van der Waals surface area contributed by atoms with E-state index in [1.807, 2.05) is 63.1 Å². The minimum absolute atomic E-state index is 0.0198. The number of hydrogen-bond acceptors (Lipinski definition) is 10. The molecule has 14 nitrogen and oxygen atoms in total. The third kappa shape index (κ3) is 13.6. The van der Waals surface area contributed by atoms with E-state index >= 15 is 0 Å². The van der Waals surface area contributed by atoms with Crippen molar-refractivity contribution in [2.24, 2.45) is 17.8 Å². The molecule has 302 valence electrons. The van der Waals surface area contributed by atoms with Gasteiger partial charge in [-0.05, 0) is 30.2 Å². The van der Waals surface area contributed by atoms with E-state index in [1.54, 1.807) is 26.2 Å². The second-order valence-electron chi connectivity index (χ2n) is 14.7. The highest BCUT2D eigenvalue weighted by molar-refractivity contribution is 5.80. The zero-order valence-corrected chi connectivity index (χ0v) is 33.1. The maximum atomic E-state index is 13.8. The van der Waals surface area contributed by atoms with Gasteiger partial charge >= 0.3 is 5.97 Å². The summed E-state index contributed by atoms with van der Waals surface area (Å²) in [5, 5.41) is 29.4. The van der Waals surface area contributed by atoms with E-state index in [4.69, 9.17) is 29.5 Å². The Morgan fingerprint density at radius 1 is 1.00 bits per heavy atom. The van der Waals surface area contributed by atoms with Crippen molar-refractivity contribution in [2.75, 3.05) is 48.1 Å². The lowest BCUT2D eigenvalue weighted by atomic mass is 9.90. The van der Waals surface area contributed by atoms with Crippen LogP contribution in [0.5, 0.6) is 0 Å². The van der Waals surface area contributed by atoms with Crippen molar-refractivity contribution in [1.82, 2.24) is 15.1 Å². The number of carbonyl (C=O) groups is 4. The Hall–Kier alpha value is -3.14. The van der Waals surface area contributed by atoms with E-state index in [-0.39, 0.29) is 67.2 Å². The Morgan fingerprint density at radius 3 is 2.19 bits per heavy atom. The average molecular weight is 752 g/mol. The van der Waals surface area contributed by atoms with Crippen LogP contribution in [0.2, 0.25) is 0 Å². The summed E-state index contributed by atoms with van der Waals surface area (Å²) in [6, 6.07) is 9.33. The van der Waals surface area contributed by atoms with Gasteiger partial charge in [-0.25, -0.2) is 4.79 Å². The van der Waals surface area contributed by atoms with Crippen LogP contribution in [0.3, 0.4) is 0 Å². The average Bonchev–Trinajstić information content (AvgIpc) is 3.61. The van der Waals surface area contributed by atoms with Gasteiger partial charge < -0.3 is 49.4 Å². The van der Waals surface area contributed by atoms with Gasteiger partial charge in [0.25, 0.3) is 0 Å². The highest BCUT2D eigenvalue weighted by Crippen LogP contribution is 2.29. The number of amides is 3. The molecule has 0 spiro atoms. The Kier molecular flexibility index (Phi) is 19.9. The molecule has 0 aliphatic carbocycles. The van der Waals surface area contributed by atoms with E-state index in [1.165, 1.54) is 0 Å². The molecule has 0 saturated carbocycles. The third-order valence-corrected chi connectivity index (χ3v) is 10.4. The molecule has 3 amide bonds. The lowest BCUT2D eigenvalue weighted by Crippen LogP contribution is -2.53. The van der Waals surface area contributed by atoms with Crippen molar-refractivity contribution in [2.45, 2.75) is 122 Å². The Morgan fingerprint density at radius 2 is 1.66 bits per heavy atom. The normalized spacial score (nSPS) is 23.5. The van der Waals surface area contributed by atoms with Crippen LogP contribution < -0.4 is 5.32 Å². The van der Waals surface area contributed by atoms with Gasteiger partial charge in [0.2, 0.25) is 17.7 Å². The summed E-state index contributed by atoms with van der Waals surface area (Å²) < 4.78 is 22.1. The molecule has 2 fully saturated rings. The Bertz CT molecular complexity index is 1270. The van der Waals surface area contributed by atoms with Gasteiger partial charge in [-0.15, -0.1) is 0 Å². The molecular formula is C39H65N3O11. The predicted molar refractivity (Wildman–Crippen MR) is 199 cm³/mol. The summed E-state index contributed by atoms with van der Waals surface area (Å²) in [6.07, 6.45) is -1.07. The van der Waals surface area contributed by atoms with E-state index in [0.717, 1.165) is 24.8 Å². The smallest absolute Gasteiger partial charge is 0.335 e. The molecule has 8 unspecified atom stereocenters. The molecule has 4 N–H and O–H groups in total. The van der Waals surface area contributed by atoms with Gasteiger partial charge in [-0.2, -0.15) is 0 Å². The Labute approximate surface area is 315 Å². The Balaban J connectivity index is 0.000000751. The summed E-state index contributed by atoms with van der Waals surface area (Å²) >= 11 is 0. The van der Waals surface area contributed by atoms with Gasteiger partial charge in [0.15, 0.2) is 6.10 Å². The summed E-state index contributed by atoms with van der Waals surface area (Å²) in [7, 11) is 6.67. The van der Waals surface area contributed by atoms with Crippen molar-refractivity contribution in [3.8, 4) is 0 Å². The molecule has 2 aliphatic heterocycles. The van der Waals surface area contributed by atoms with Crippen molar-refractivity contribution < 1.29 is 53.4 Å². The van der Waals surface area contributed by atoms with Crippen molar-refractivity contribution >= 4 is 23.7 Å². The lowest BCUT2D eigenvalue weighted by Gasteiger charge is -2.39. The molecule has 0 aromatic heterocycles. The van der Waals surface area contributed by atoms with Gasteiger partial charge in [-0.1, -0.05) is 71.4 Å². The number of likely N-dealkylation sites (tertiary alicyclic amines) is 1. The number of carbonyl (C=O) groups excluding carboxylic acids is 3. The van der Waals surface area contributed by atoms with Gasteiger partial charge in [0, 0.05) is 54.3 Å². The number of carboxylic acid groups (broad SMARTS) is 1. The van der Waals surface area contributed by atoms with Crippen molar-refractivity contribution in [3.63, 3.8) is 0 Å². The van der Waals surface area contributed by atoms with Crippen LogP contribution in [0.4, 0.5) is 0 Å². The number of rotatable bonds is 18. The summed E-state index contributed by atoms with van der Waals surface area (Å²) in [5.41, 5.74) is 0.990. The van der Waals surface area contributed by atoms with Gasteiger partial charge in [0.1, 0.15) is 0 Å². The van der Waals surface area contributed by atoms with Crippen LogP contribution >= 0.6 is 0 Å². The molecule has 53 heavy (non-hydrogen) atoms. The minimum atomic E-state index is -1.19. The molecule has 2 saturated heterocycles. The third-order valence-electron chi connectivity index (χ3n) is 10.4. The number of aliphatic carboxylic acids is 1. The molecule has 2 heterocycles. The SMILES string of the molecule is CCC(C)C(C(CC(=O)N1CCC[C@H]1C(OC)C(C)C(=O)NCC(OC)c1ccccc1)OC)N(C)C(=O)CC(C)C.O=C(O)[C@H]1OCC(O)CC1O. The first-order valence-corrected chi connectivity index (χ1v) is 18.8. The van der Waals surface area contributed by atoms with Crippen LogP contribution in [0.25, 0.3) is 0 Å². The fourth-order valence-electron chi connectivity index (χ4n) is 7.21. The number of likely N-dealkylation sites (N-methyl/N-ethyl adjacent to an activating group) is 1. The van der Waals surface area contributed by atoms with E-state index in [9.17, 15) is 19.2 Å². The van der Waals surface area contributed by atoms with Crippen molar-refractivity contribution in [3.05, 3.63) is 35.9 Å². The molecular weight excluding hydrogens is 686 g/mol. The van der Waals surface area contributed by atoms with Crippen LogP contribution in [0, 0.1) is 17.8 Å². The number of carboxylic acids is 1. The largest absolute Gasteiger partial charge is 0.479 e. The number of ether oxygens (including phenoxy) is 4. The van der Waals surface area contributed by atoms with E-state index < -0.39 is 42.4 Å². The van der Waals surface area contributed by atoms with Crippen LogP contribution in [-0.2, 0) is 38.1 Å². The topological polar surface area (TPSA) is 184 Å². The van der Waals surface area contributed by atoms with Crippen molar-refractivity contribution in [1.29, 1.82) is 0 Å². The zero-order chi connectivity index (χ0) is 39.8. The minimum Gasteiger partial charge on any atom is -0.479 e.